The van der Waals surface area contributed by atoms with Crippen molar-refractivity contribution < 1.29 is 9.47 Å². The number of benzene rings is 1. The van der Waals surface area contributed by atoms with Crippen LogP contribution >= 0.6 is 0 Å². The van der Waals surface area contributed by atoms with Crippen molar-refractivity contribution in [1.82, 2.24) is 9.97 Å². The zero-order valence-corrected chi connectivity index (χ0v) is 10.0. The van der Waals surface area contributed by atoms with E-state index < -0.39 is 0 Å². The summed E-state index contributed by atoms with van der Waals surface area (Å²) in [6.07, 6.45) is 3.02. The predicted molar refractivity (Wildman–Crippen MR) is 65.3 cm³/mol. The number of nitriles is 1. The molecule has 1 aromatic carbocycles. The zero-order chi connectivity index (χ0) is 13.0. The predicted octanol–water partition coefficient (Wildman–Crippen LogP) is 2.03. The van der Waals surface area contributed by atoms with E-state index >= 15 is 0 Å². The third-order valence-corrected chi connectivity index (χ3v) is 2.43. The number of hydrogen-bond acceptors (Lipinski definition) is 5. The Hall–Kier alpha value is -2.61. The summed E-state index contributed by atoms with van der Waals surface area (Å²) in [6, 6.07) is 7.38. The SMILES string of the molecule is COc1ccc(-c2cncc(C#N)n2)cc1OC. The lowest BCUT2D eigenvalue weighted by atomic mass is 10.1. The second-order valence-corrected chi connectivity index (χ2v) is 3.47. The normalized spacial score (nSPS) is 9.61. The van der Waals surface area contributed by atoms with Crippen molar-refractivity contribution in [3.05, 3.63) is 36.3 Å². The Morgan fingerprint density at radius 3 is 2.56 bits per heavy atom. The highest BCUT2D eigenvalue weighted by Gasteiger charge is 2.07. The molecule has 0 saturated carbocycles. The molecule has 90 valence electrons. The van der Waals surface area contributed by atoms with Gasteiger partial charge in [-0.25, -0.2) is 4.98 Å². The van der Waals surface area contributed by atoms with Crippen LogP contribution in [0.25, 0.3) is 11.3 Å². The van der Waals surface area contributed by atoms with Gasteiger partial charge in [0, 0.05) is 5.56 Å². The van der Waals surface area contributed by atoms with Crippen LogP contribution in [-0.2, 0) is 0 Å². The fraction of sp³-hybridized carbons (Fsp3) is 0.154. The average Bonchev–Trinajstić information content (AvgIpc) is 2.46. The Morgan fingerprint density at radius 1 is 1.11 bits per heavy atom. The molecule has 5 heteroatoms. The molecule has 0 amide bonds. The van der Waals surface area contributed by atoms with Crippen LogP contribution in [0.4, 0.5) is 0 Å². The van der Waals surface area contributed by atoms with E-state index in [1.165, 1.54) is 6.20 Å². The molecular weight excluding hydrogens is 230 g/mol. The van der Waals surface area contributed by atoms with Gasteiger partial charge in [0.2, 0.25) is 0 Å². The van der Waals surface area contributed by atoms with Gasteiger partial charge in [0.1, 0.15) is 6.07 Å². The van der Waals surface area contributed by atoms with Crippen LogP contribution in [0, 0.1) is 11.3 Å². The van der Waals surface area contributed by atoms with Crippen molar-refractivity contribution in [2.45, 2.75) is 0 Å². The number of nitrogens with zero attached hydrogens (tertiary/aromatic N) is 3. The summed E-state index contributed by atoms with van der Waals surface area (Å²) >= 11 is 0. The fourth-order valence-corrected chi connectivity index (χ4v) is 1.55. The molecule has 0 aliphatic rings. The highest BCUT2D eigenvalue weighted by Crippen LogP contribution is 2.31. The smallest absolute Gasteiger partial charge is 0.161 e. The quantitative estimate of drug-likeness (QED) is 0.822. The summed E-state index contributed by atoms with van der Waals surface area (Å²) in [5, 5.41) is 8.79. The van der Waals surface area contributed by atoms with Gasteiger partial charge in [0.15, 0.2) is 17.2 Å². The number of methoxy groups -OCH3 is 2. The van der Waals surface area contributed by atoms with Crippen molar-refractivity contribution in [2.24, 2.45) is 0 Å². The van der Waals surface area contributed by atoms with Crippen molar-refractivity contribution in [3.8, 4) is 28.8 Å². The molecule has 0 aliphatic carbocycles. The first-order chi connectivity index (χ1) is 8.78. The standard InChI is InChI=1S/C13H11N3O2/c1-17-12-4-3-9(5-13(12)18-2)11-8-15-7-10(6-14)16-11/h3-5,7-8H,1-2H3. The van der Waals surface area contributed by atoms with E-state index in [0.29, 0.717) is 17.2 Å². The first kappa shape index (κ1) is 11.9. The molecule has 2 rings (SSSR count). The summed E-state index contributed by atoms with van der Waals surface area (Å²) in [5.74, 6) is 1.25. The summed E-state index contributed by atoms with van der Waals surface area (Å²) in [5.41, 5.74) is 1.72. The molecule has 2 aromatic rings. The highest BCUT2D eigenvalue weighted by atomic mass is 16.5. The Bertz CT molecular complexity index is 605. The second kappa shape index (κ2) is 5.15. The van der Waals surface area contributed by atoms with Crippen molar-refractivity contribution in [1.29, 1.82) is 5.26 Å². The van der Waals surface area contributed by atoms with Crippen molar-refractivity contribution >= 4 is 0 Å². The maximum Gasteiger partial charge on any atom is 0.161 e. The summed E-state index contributed by atoms with van der Waals surface area (Å²) in [4.78, 5) is 8.15. The largest absolute Gasteiger partial charge is 0.493 e. The van der Waals surface area contributed by atoms with Crippen LogP contribution in [0.1, 0.15) is 5.69 Å². The van der Waals surface area contributed by atoms with E-state index in [-0.39, 0.29) is 5.69 Å². The zero-order valence-electron chi connectivity index (χ0n) is 10.0. The van der Waals surface area contributed by atoms with Crippen molar-refractivity contribution in [3.63, 3.8) is 0 Å². The molecule has 0 atom stereocenters. The van der Waals surface area contributed by atoms with Gasteiger partial charge in [-0.2, -0.15) is 5.26 Å². The summed E-state index contributed by atoms with van der Waals surface area (Å²) in [7, 11) is 3.15. The fourth-order valence-electron chi connectivity index (χ4n) is 1.55. The van der Waals surface area contributed by atoms with Gasteiger partial charge in [-0.15, -0.1) is 0 Å². The Labute approximate surface area is 105 Å². The molecule has 0 radical (unpaired) electrons. The third-order valence-electron chi connectivity index (χ3n) is 2.43. The highest BCUT2D eigenvalue weighted by molar-refractivity contribution is 5.63. The van der Waals surface area contributed by atoms with Crippen LogP contribution in [0.5, 0.6) is 11.5 Å². The maximum absolute atomic E-state index is 8.79. The summed E-state index contributed by atoms with van der Waals surface area (Å²) in [6.45, 7) is 0. The van der Waals surface area contributed by atoms with Crippen LogP contribution in [0.3, 0.4) is 0 Å². The Balaban J connectivity index is 2.48. The molecule has 5 nitrogen and oxygen atoms in total. The van der Waals surface area contributed by atoms with Gasteiger partial charge in [0.25, 0.3) is 0 Å². The van der Waals surface area contributed by atoms with Gasteiger partial charge in [-0.3, -0.25) is 4.98 Å². The van der Waals surface area contributed by atoms with Gasteiger partial charge in [-0.05, 0) is 18.2 Å². The molecular formula is C13H11N3O2. The lowest BCUT2D eigenvalue weighted by molar-refractivity contribution is 0.355. The summed E-state index contributed by atoms with van der Waals surface area (Å²) < 4.78 is 10.4. The first-order valence-corrected chi connectivity index (χ1v) is 5.23. The van der Waals surface area contributed by atoms with Gasteiger partial charge in [-0.1, -0.05) is 0 Å². The number of rotatable bonds is 3. The molecule has 0 bridgehead atoms. The minimum absolute atomic E-state index is 0.280. The van der Waals surface area contributed by atoms with E-state index in [2.05, 4.69) is 9.97 Å². The lowest BCUT2D eigenvalue weighted by Gasteiger charge is -2.09. The van der Waals surface area contributed by atoms with Crippen LogP contribution in [0.2, 0.25) is 0 Å². The number of ether oxygens (including phenoxy) is 2. The maximum atomic E-state index is 8.79. The topological polar surface area (TPSA) is 68.0 Å². The van der Waals surface area contributed by atoms with E-state index in [9.17, 15) is 0 Å². The minimum atomic E-state index is 0.280. The van der Waals surface area contributed by atoms with Gasteiger partial charge >= 0.3 is 0 Å². The van der Waals surface area contributed by atoms with Gasteiger partial charge < -0.3 is 9.47 Å². The van der Waals surface area contributed by atoms with E-state index in [4.69, 9.17) is 14.7 Å². The van der Waals surface area contributed by atoms with E-state index in [0.717, 1.165) is 5.56 Å². The van der Waals surface area contributed by atoms with E-state index in [1.54, 1.807) is 32.5 Å². The molecule has 0 saturated heterocycles. The van der Waals surface area contributed by atoms with Crippen LogP contribution in [-0.4, -0.2) is 24.2 Å². The average molecular weight is 241 g/mol. The molecule has 18 heavy (non-hydrogen) atoms. The molecule has 1 heterocycles. The minimum Gasteiger partial charge on any atom is -0.493 e. The Kier molecular flexibility index (Phi) is 3.39. The molecule has 0 aliphatic heterocycles. The van der Waals surface area contributed by atoms with Gasteiger partial charge in [0.05, 0.1) is 32.3 Å². The van der Waals surface area contributed by atoms with Crippen molar-refractivity contribution in [2.75, 3.05) is 14.2 Å². The molecule has 0 spiro atoms. The molecule has 0 fully saturated rings. The lowest BCUT2D eigenvalue weighted by Crippen LogP contribution is -1.93. The third kappa shape index (κ3) is 2.23. The number of aromatic nitrogens is 2. The molecule has 0 unspecified atom stereocenters. The van der Waals surface area contributed by atoms with Crippen LogP contribution < -0.4 is 9.47 Å². The molecule has 1 aromatic heterocycles. The van der Waals surface area contributed by atoms with Crippen LogP contribution in [0.15, 0.2) is 30.6 Å². The molecule has 0 N–H and O–H groups in total. The monoisotopic (exact) mass is 241 g/mol. The number of hydrogen-bond donors (Lipinski definition) is 0. The first-order valence-electron chi connectivity index (χ1n) is 5.23. The Morgan fingerprint density at radius 2 is 1.89 bits per heavy atom. The second-order valence-electron chi connectivity index (χ2n) is 3.47. The van der Waals surface area contributed by atoms with E-state index in [1.807, 2.05) is 12.1 Å².